The highest BCUT2D eigenvalue weighted by Gasteiger charge is 2.35. The van der Waals surface area contributed by atoms with Crippen LogP contribution in [0.2, 0.25) is 0 Å². The normalized spacial score (nSPS) is 15.1. The van der Waals surface area contributed by atoms with E-state index in [2.05, 4.69) is 0 Å². The van der Waals surface area contributed by atoms with Crippen molar-refractivity contribution in [3.05, 3.63) is 0 Å². The van der Waals surface area contributed by atoms with E-state index in [9.17, 15) is 28.2 Å². The Balaban J connectivity index is 5.34. The molecule has 0 aliphatic carbocycles. The van der Waals surface area contributed by atoms with E-state index in [1.165, 1.54) is 0 Å². The maximum Gasteiger partial charge on any atom is 0.339 e. The average molecular weight is 508 g/mol. The molecular weight excluding hydrogens is 484 g/mol. The lowest BCUT2D eigenvalue weighted by Crippen LogP contribution is -2.42. The van der Waals surface area contributed by atoms with E-state index < -0.39 is 80.5 Å². The summed E-state index contributed by atoms with van der Waals surface area (Å²) in [6.07, 6.45) is -5.40. The van der Waals surface area contributed by atoms with Gasteiger partial charge in [0.05, 0.1) is 0 Å². The molecule has 20 heteroatoms. The van der Waals surface area contributed by atoms with Gasteiger partial charge in [-0.3, -0.25) is 32.9 Å². The van der Waals surface area contributed by atoms with E-state index in [1.807, 2.05) is 0 Å². The number of carboxylic acid groups (broad SMARTS) is 1. The molecule has 1 unspecified atom stereocenters. The molecule has 9 N–H and O–H groups in total. The molecule has 0 saturated carbocycles. The van der Waals surface area contributed by atoms with Crippen molar-refractivity contribution in [2.45, 2.75) is 18.9 Å². The van der Waals surface area contributed by atoms with Gasteiger partial charge < -0.3 is 44.3 Å². The van der Waals surface area contributed by atoms with Crippen LogP contribution in [0.25, 0.3) is 0 Å². The van der Waals surface area contributed by atoms with E-state index in [-0.39, 0.29) is 6.42 Å². The first-order chi connectivity index (χ1) is 12.7. The molecule has 0 fully saturated rings. The van der Waals surface area contributed by atoms with E-state index in [0.29, 0.717) is 9.80 Å². The number of hydrogen-bond donors (Lipinski definition) is 9. The molecule has 29 heavy (non-hydrogen) atoms. The minimum absolute atomic E-state index is 0.282. The minimum Gasteiger partial charge on any atom is -0.480 e. The molecule has 0 aromatic heterocycles. The highest BCUT2D eigenvalue weighted by molar-refractivity contribution is 7.53. The molecule has 0 saturated heterocycles. The highest BCUT2D eigenvalue weighted by atomic mass is 31.2. The Morgan fingerprint density at radius 1 is 0.690 bits per heavy atom. The first kappa shape index (κ1) is 29.0. The summed E-state index contributed by atoms with van der Waals surface area (Å²) in [5.41, 5.74) is 0. The molecule has 0 amide bonds. The van der Waals surface area contributed by atoms with Crippen LogP contribution in [-0.2, 0) is 23.1 Å². The van der Waals surface area contributed by atoms with Crippen LogP contribution in [0.5, 0.6) is 0 Å². The zero-order valence-corrected chi connectivity index (χ0v) is 18.4. The molecule has 0 radical (unpaired) electrons. The fourth-order valence-electron chi connectivity index (χ4n) is 2.39. The van der Waals surface area contributed by atoms with Gasteiger partial charge in [-0.05, 0) is 19.4 Å². The first-order valence-corrected chi connectivity index (χ1v) is 14.7. The fourth-order valence-corrected chi connectivity index (χ4v) is 5.77. The van der Waals surface area contributed by atoms with Gasteiger partial charge in [-0.25, -0.2) is 0 Å². The molecule has 0 spiro atoms. The third-order valence-electron chi connectivity index (χ3n) is 3.18. The molecule has 0 bridgehead atoms. The highest BCUT2D eigenvalue weighted by Crippen LogP contribution is 2.43. The number of rotatable bonds is 14. The number of carbonyl (C=O) groups is 1. The average Bonchev–Trinajstić information content (AvgIpc) is 2.34. The number of aliphatic carboxylic acids is 1. The van der Waals surface area contributed by atoms with Gasteiger partial charge in [0.25, 0.3) is 0 Å². The van der Waals surface area contributed by atoms with Crippen molar-refractivity contribution in [3.8, 4) is 0 Å². The molecular formula is C9H24N2O14P4. The molecule has 0 heterocycles. The zero-order valence-electron chi connectivity index (χ0n) is 14.8. The van der Waals surface area contributed by atoms with Crippen LogP contribution in [0.15, 0.2) is 0 Å². The standard InChI is InChI=1S/C9H24N2O14P4/c12-9(13)8(11(6-28(20,21)22)7-29(23,24)25)2-1-3-10(4-26(14,15)16)5-27(17,18)19/h8H,1-7H2,(H,12,13)(H2,14,15,16)(H2,17,18,19)(H2,20,21,22)(H2,23,24,25). The second-order valence-electron chi connectivity index (χ2n) is 6.20. The summed E-state index contributed by atoms with van der Waals surface area (Å²) in [6, 6.07) is -1.79. The van der Waals surface area contributed by atoms with Gasteiger partial charge in [-0.15, -0.1) is 0 Å². The molecule has 0 aliphatic heterocycles. The Hall–Kier alpha value is -0.0100. The summed E-state index contributed by atoms with van der Waals surface area (Å²) < 4.78 is 44.5. The fraction of sp³-hybridized carbons (Fsp3) is 0.889. The third kappa shape index (κ3) is 16.4. The molecule has 0 aromatic carbocycles. The summed E-state index contributed by atoms with van der Waals surface area (Å²) in [5, 5.41) is 9.27. The molecule has 0 aliphatic rings. The summed E-state index contributed by atoms with van der Waals surface area (Å²) in [6.45, 7) is -0.417. The van der Waals surface area contributed by atoms with Gasteiger partial charge in [-0.2, -0.15) is 0 Å². The van der Waals surface area contributed by atoms with Crippen LogP contribution in [0.4, 0.5) is 0 Å². The Morgan fingerprint density at radius 2 is 1.03 bits per heavy atom. The van der Waals surface area contributed by atoms with Crippen molar-refractivity contribution in [2.24, 2.45) is 0 Å². The maximum atomic E-state index is 11.4. The second-order valence-corrected chi connectivity index (χ2v) is 12.7. The molecule has 16 nitrogen and oxygen atoms in total. The molecule has 1 atom stereocenters. The zero-order chi connectivity index (χ0) is 23.3. The molecule has 0 aromatic rings. The maximum absolute atomic E-state index is 11.4. The molecule has 174 valence electrons. The predicted octanol–water partition coefficient (Wildman–Crippen LogP) is -1.64. The monoisotopic (exact) mass is 508 g/mol. The van der Waals surface area contributed by atoms with Crippen LogP contribution in [0.1, 0.15) is 12.8 Å². The largest absolute Gasteiger partial charge is 0.480 e. The van der Waals surface area contributed by atoms with Gasteiger partial charge in [-0.1, -0.05) is 0 Å². The first-order valence-electron chi connectivity index (χ1n) is 7.56. The van der Waals surface area contributed by atoms with Crippen molar-refractivity contribution in [3.63, 3.8) is 0 Å². The van der Waals surface area contributed by atoms with E-state index in [0.717, 1.165) is 0 Å². The van der Waals surface area contributed by atoms with E-state index in [4.69, 9.17) is 39.1 Å². The smallest absolute Gasteiger partial charge is 0.339 e. The lowest BCUT2D eigenvalue weighted by Gasteiger charge is -2.30. The van der Waals surface area contributed by atoms with Crippen LogP contribution < -0.4 is 0 Å². The summed E-state index contributed by atoms with van der Waals surface area (Å²) >= 11 is 0. The van der Waals surface area contributed by atoms with Gasteiger partial charge in [0.15, 0.2) is 0 Å². The number of carboxylic acids is 1. The summed E-state index contributed by atoms with van der Waals surface area (Å²) in [5.74, 6) is -1.68. The van der Waals surface area contributed by atoms with Gasteiger partial charge in [0, 0.05) is 0 Å². The van der Waals surface area contributed by atoms with Crippen molar-refractivity contribution in [1.29, 1.82) is 0 Å². The van der Waals surface area contributed by atoms with Gasteiger partial charge in [0.2, 0.25) is 0 Å². The Labute approximate surface area is 164 Å². The Bertz CT molecular complexity index is 687. The van der Waals surface area contributed by atoms with E-state index >= 15 is 0 Å². The summed E-state index contributed by atoms with van der Waals surface area (Å²) in [4.78, 5) is 84.5. The number of nitrogens with zero attached hydrogens (tertiary/aromatic N) is 2. The van der Waals surface area contributed by atoms with Crippen LogP contribution in [0.3, 0.4) is 0 Å². The van der Waals surface area contributed by atoms with Crippen molar-refractivity contribution >= 4 is 36.4 Å². The van der Waals surface area contributed by atoms with Crippen molar-refractivity contribution < 1.29 is 67.3 Å². The lowest BCUT2D eigenvalue weighted by atomic mass is 10.1. The Morgan fingerprint density at radius 3 is 1.31 bits per heavy atom. The topological polar surface area (TPSA) is 274 Å². The van der Waals surface area contributed by atoms with Crippen LogP contribution in [0, 0.1) is 0 Å². The quantitative estimate of drug-likeness (QED) is 0.119. The van der Waals surface area contributed by atoms with Crippen LogP contribution in [-0.4, -0.2) is 97.8 Å². The van der Waals surface area contributed by atoms with Gasteiger partial charge in [0.1, 0.15) is 31.2 Å². The second kappa shape index (κ2) is 11.0. The van der Waals surface area contributed by atoms with E-state index in [1.54, 1.807) is 0 Å². The number of hydrogen-bond acceptors (Lipinski definition) is 7. The lowest BCUT2D eigenvalue weighted by molar-refractivity contribution is -0.143. The Kier molecular flexibility index (Phi) is 11.0. The van der Waals surface area contributed by atoms with Crippen LogP contribution >= 0.6 is 30.4 Å². The van der Waals surface area contributed by atoms with Crippen molar-refractivity contribution in [1.82, 2.24) is 9.80 Å². The predicted molar refractivity (Wildman–Crippen MR) is 96.8 cm³/mol. The summed E-state index contributed by atoms with van der Waals surface area (Å²) in [7, 11) is -19.2. The third-order valence-corrected chi connectivity index (χ3v) is 6.18. The van der Waals surface area contributed by atoms with Gasteiger partial charge >= 0.3 is 36.4 Å². The minimum atomic E-state index is -4.91. The SMILES string of the molecule is O=C(O)C(CCCN(CP(=O)(O)O)CP(=O)(O)O)N(CP(=O)(O)O)CP(=O)(O)O. The van der Waals surface area contributed by atoms with Crippen molar-refractivity contribution in [2.75, 3.05) is 31.7 Å². The molecule has 0 rings (SSSR count).